The van der Waals surface area contributed by atoms with E-state index in [0.717, 1.165) is 15.2 Å². The van der Waals surface area contributed by atoms with Crippen molar-refractivity contribution in [3.8, 4) is 10.8 Å². The lowest BCUT2D eigenvalue weighted by Gasteiger charge is -2.13. The number of carbonyl (C=O) groups is 1. The zero-order valence-electron chi connectivity index (χ0n) is 11.7. The van der Waals surface area contributed by atoms with Gasteiger partial charge in [0, 0.05) is 13.1 Å². The summed E-state index contributed by atoms with van der Waals surface area (Å²) in [5.41, 5.74) is 0.925. The Morgan fingerprint density at radius 3 is 2.95 bits per heavy atom. The number of furan rings is 1. The lowest BCUT2D eigenvalue weighted by molar-refractivity contribution is 0.0735. The summed E-state index contributed by atoms with van der Waals surface area (Å²) >= 11 is 1.54. The number of benzene rings is 1. The predicted octanol–water partition coefficient (Wildman–Crippen LogP) is 2.76. The summed E-state index contributed by atoms with van der Waals surface area (Å²) in [5.74, 6) is 0.719. The van der Waals surface area contributed by atoms with E-state index < -0.39 is 6.10 Å². The van der Waals surface area contributed by atoms with Gasteiger partial charge < -0.3 is 14.4 Å². The molecule has 1 atom stereocenters. The third-order valence-corrected chi connectivity index (χ3v) is 4.82. The molecular weight excluding hydrogens is 300 g/mol. The van der Waals surface area contributed by atoms with Gasteiger partial charge in [0.25, 0.3) is 5.91 Å². The van der Waals surface area contributed by atoms with Crippen LogP contribution in [0.2, 0.25) is 0 Å². The summed E-state index contributed by atoms with van der Waals surface area (Å²) < 4.78 is 6.77. The Morgan fingerprint density at radius 1 is 1.32 bits per heavy atom. The Morgan fingerprint density at radius 2 is 2.18 bits per heavy atom. The van der Waals surface area contributed by atoms with Gasteiger partial charge in [-0.1, -0.05) is 12.1 Å². The Labute approximate surface area is 130 Å². The summed E-state index contributed by atoms with van der Waals surface area (Å²) in [5, 5.41) is 10.3. The Balaban J connectivity index is 1.62. The number of aromatic nitrogens is 1. The first-order valence-electron chi connectivity index (χ1n) is 7.14. The molecule has 3 aromatic rings. The normalized spacial score (nSPS) is 18.2. The summed E-state index contributed by atoms with van der Waals surface area (Å²) in [6.07, 6.45) is 0.194. The summed E-state index contributed by atoms with van der Waals surface area (Å²) in [6.45, 7) is 0.938. The average molecular weight is 314 g/mol. The lowest BCUT2D eigenvalue weighted by Crippen LogP contribution is -2.29. The van der Waals surface area contributed by atoms with Gasteiger partial charge in [0.15, 0.2) is 16.5 Å². The van der Waals surface area contributed by atoms with Crippen molar-refractivity contribution in [1.29, 1.82) is 0 Å². The maximum absolute atomic E-state index is 12.3. The average Bonchev–Trinajstić information content (AvgIpc) is 3.24. The van der Waals surface area contributed by atoms with E-state index in [1.807, 2.05) is 24.3 Å². The monoisotopic (exact) mass is 314 g/mol. The van der Waals surface area contributed by atoms with Gasteiger partial charge in [-0.3, -0.25) is 4.79 Å². The molecule has 1 aliphatic rings. The second-order valence-electron chi connectivity index (χ2n) is 5.34. The van der Waals surface area contributed by atoms with Crippen molar-refractivity contribution in [2.75, 3.05) is 13.1 Å². The van der Waals surface area contributed by atoms with Crippen LogP contribution in [0.25, 0.3) is 21.0 Å². The van der Waals surface area contributed by atoms with E-state index in [4.69, 9.17) is 4.42 Å². The van der Waals surface area contributed by atoms with Crippen LogP contribution in [0.4, 0.5) is 0 Å². The topological polar surface area (TPSA) is 66.6 Å². The SMILES string of the molecule is O=C(c1ccc(-c2nc3ccccc3s2)o1)N1CC[C@H](O)C1. The molecular formula is C16H14N2O3S. The fourth-order valence-corrected chi connectivity index (χ4v) is 3.55. The summed E-state index contributed by atoms with van der Waals surface area (Å²) in [7, 11) is 0. The quantitative estimate of drug-likeness (QED) is 0.790. The number of β-amino-alcohol motifs (C(OH)–C–C–N with tert-alkyl or cyclic N) is 1. The van der Waals surface area contributed by atoms with Gasteiger partial charge in [-0.2, -0.15) is 0 Å². The first kappa shape index (κ1) is 13.5. The van der Waals surface area contributed by atoms with Crippen LogP contribution in [-0.4, -0.2) is 40.1 Å². The number of aliphatic hydroxyl groups is 1. The van der Waals surface area contributed by atoms with Gasteiger partial charge in [-0.15, -0.1) is 11.3 Å². The number of nitrogens with zero attached hydrogens (tertiary/aromatic N) is 2. The third-order valence-electron chi connectivity index (χ3n) is 3.77. The molecule has 0 spiro atoms. The largest absolute Gasteiger partial charge is 0.448 e. The number of amides is 1. The Kier molecular flexibility index (Phi) is 3.20. The molecule has 1 N–H and O–H groups in total. The van der Waals surface area contributed by atoms with E-state index in [0.29, 0.717) is 31.0 Å². The minimum atomic E-state index is -0.428. The van der Waals surface area contributed by atoms with Gasteiger partial charge >= 0.3 is 0 Å². The van der Waals surface area contributed by atoms with Crippen LogP contribution in [0.15, 0.2) is 40.8 Å². The molecule has 5 nitrogen and oxygen atoms in total. The maximum Gasteiger partial charge on any atom is 0.289 e. The zero-order valence-corrected chi connectivity index (χ0v) is 12.5. The van der Waals surface area contributed by atoms with Crippen LogP contribution in [0.1, 0.15) is 17.0 Å². The van der Waals surface area contributed by atoms with Crippen LogP contribution in [0.3, 0.4) is 0 Å². The smallest absolute Gasteiger partial charge is 0.289 e. The molecule has 0 saturated carbocycles. The van der Waals surface area contributed by atoms with Crippen LogP contribution < -0.4 is 0 Å². The fraction of sp³-hybridized carbons (Fsp3) is 0.250. The molecule has 1 saturated heterocycles. The minimum absolute atomic E-state index is 0.177. The van der Waals surface area contributed by atoms with E-state index >= 15 is 0 Å². The molecule has 1 amide bonds. The van der Waals surface area contributed by atoms with E-state index in [2.05, 4.69) is 4.98 Å². The number of fused-ring (bicyclic) bond motifs is 1. The van der Waals surface area contributed by atoms with Crippen LogP contribution >= 0.6 is 11.3 Å². The van der Waals surface area contributed by atoms with Crippen LogP contribution in [0.5, 0.6) is 0 Å². The van der Waals surface area contributed by atoms with Crippen molar-refractivity contribution in [2.45, 2.75) is 12.5 Å². The molecule has 2 aromatic heterocycles. The highest BCUT2D eigenvalue weighted by Gasteiger charge is 2.27. The summed E-state index contributed by atoms with van der Waals surface area (Å²) in [4.78, 5) is 18.5. The number of likely N-dealkylation sites (tertiary alicyclic amines) is 1. The standard InChI is InChI=1S/C16H14N2O3S/c19-10-7-8-18(9-10)16(20)13-6-5-12(21-13)15-17-11-3-1-2-4-14(11)22-15/h1-6,10,19H,7-9H2/t10-/m0/s1. The van der Waals surface area contributed by atoms with E-state index in [1.165, 1.54) is 11.3 Å². The first-order chi connectivity index (χ1) is 10.7. The number of carbonyl (C=O) groups excluding carboxylic acids is 1. The molecule has 3 heterocycles. The molecule has 0 aliphatic carbocycles. The second-order valence-corrected chi connectivity index (χ2v) is 6.37. The molecule has 0 radical (unpaired) electrons. The van der Waals surface area contributed by atoms with E-state index in [-0.39, 0.29) is 5.91 Å². The zero-order chi connectivity index (χ0) is 15.1. The number of hydrogen-bond donors (Lipinski definition) is 1. The minimum Gasteiger partial charge on any atom is -0.448 e. The van der Waals surface area contributed by atoms with E-state index in [1.54, 1.807) is 17.0 Å². The van der Waals surface area contributed by atoms with Crippen LogP contribution in [-0.2, 0) is 0 Å². The number of hydrogen-bond acceptors (Lipinski definition) is 5. The number of thiazole rings is 1. The molecule has 1 fully saturated rings. The van der Waals surface area contributed by atoms with Crippen molar-refractivity contribution in [3.05, 3.63) is 42.2 Å². The van der Waals surface area contributed by atoms with E-state index in [9.17, 15) is 9.90 Å². The fourth-order valence-electron chi connectivity index (χ4n) is 2.63. The van der Waals surface area contributed by atoms with Crippen molar-refractivity contribution in [2.24, 2.45) is 0 Å². The molecule has 6 heteroatoms. The summed E-state index contributed by atoms with van der Waals surface area (Å²) in [6, 6.07) is 11.3. The van der Waals surface area contributed by atoms with Gasteiger partial charge in [0.2, 0.25) is 0 Å². The van der Waals surface area contributed by atoms with Gasteiger partial charge in [0.05, 0.1) is 16.3 Å². The maximum atomic E-state index is 12.3. The first-order valence-corrected chi connectivity index (χ1v) is 7.95. The molecule has 1 aliphatic heterocycles. The molecule has 0 unspecified atom stereocenters. The Bertz CT molecular complexity index is 806. The Hall–Kier alpha value is -2.18. The van der Waals surface area contributed by atoms with Gasteiger partial charge in [-0.05, 0) is 30.7 Å². The highest BCUT2D eigenvalue weighted by Crippen LogP contribution is 2.31. The van der Waals surface area contributed by atoms with Crippen LogP contribution in [0, 0.1) is 0 Å². The molecule has 112 valence electrons. The lowest BCUT2D eigenvalue weighted by atomic mass is 10.3. The third kappa shape index (κ3) is 2.30. The van der Waals surface area contributed by atoms with Gasteiger partial charge in [-0.25, -0.2) is 4.98 Å². The second kappa shape index (κ2) is 5.23. The number of rotatable bonds is 2. The predicted molar refractivity (Wildman–Crippen MR) is 83.8 cm³/mol. The molecule has 4 rings (SSSR count). The van der Waals surface area contributed by atoms with Gasteiger partial charge in [0.1, 0.15) is 0 Å². The van der Waals surface area contributed by atoms with Crippen molar-refractivity contribution in [3.63, 3.8) is 0 Å². The molecule has 0 bridgehead atoms. The van der Waals surface area contributed by atoms with Crippen molar-refractivity contribution in [1.82, 2.24) is 9.88 Å². The number of aliphatic hydroxyl groups excluding tert-OH is 1. The number of para-hydroxylation sites is 1. The van der Waals surface area contributed by atoms with Crippen molar-refractivity contribution >= 4 is 27.5 Å². The van der Waals surface area contributed by atoms with Crippen molar-refractivity contribution < 1.29 is 14.3 Å². The highest BCUT2D eigenvalue weighted by atomic mass is 32.1. The molecule has 22 heavy (non-hydrogen) atoms. The molecule has 1 aromatic carbocycles. The highest BCUT2D eigenvalue weighted by molar-refractivity contribution is 7.21.